The summed E-state index contributed by atoms with van der Waals surface area (Å²) in [6, 6.07) is 8.75. The van der Waals surface area contributed by atoms with Crippen LogP contribution in [0.15, 0.2) is 29.3 Å². The van der Waals surface area contributed by atoms with E-state index in [1.807, 2.05) is 20.8 Å². The van der Waals surface area contributed by atoms with Gasteiger partial charge in [0.1, 0.15) is 5.60 Å². The molecule has 0 aliphatic carbocycles. The van der Waals surface area contributed by atoms with Gasteiger partial charge in [0.2, 0.25) is 0 Å². The Morgan fingerprint density at radius 3 is 2.34 bits per heavy atom. The first-order chi connectivity index (χ1) is 14.8. The Bertz CT molecular complexity index is 715. The zero-order valence-corrected chi connectivity index (χ0v) is 22.6. The highest BCUT2D eigenvalue weighted by atomic mass is 127. The summed E-state index contributed by atoms with van der Waals surface area (Å²) in [6.45, 7) is 15.0. The zero-order chi connectivity index (χ0) is 22.7. The van der Waals surface area contributed by atoms with Crippen molar-refractivity contribution in [3.05, 3.63) is 29.8 Å². The molecular formula is C23H41IN6O2. The number of nitrogens with zero attached hydrogens (tertiary/aromatic N) is 3. The third-order valence-electron chi connectivity index (χ3n) is 4.99. The number of anilines is 1. The van der Waals surface area contributed by atoms with Gasteiger partial charge in [0.25, 0.3) is 0 Å². The van der Waals surface area contributed by atoms with E-state index in [9.17, 15) is 4.79 Å². The summed E-state index contributed by atoms with van der Waals surface area (Å²) in [6.07, 6.45) is 0.654. The number of carbonyl (C=O) groups excluding carboxylic acids is 1. The Morgan fingerprint density at radius 2 is 1.72 bits per heavy atom. The van der Waals surface area contributed by atoms with E-state index in [4.69, 9.17) is 4.74 Å². The lowest BCUT2D eigenvalue weighted by Crippen LogP contribution is -2.47. The summed E-state index contributed by atoms with van der Waals surface area (Å²) in [4.78, 5) is 20.9. The molecule has 1 aliphatic heterocycles. The van der Waals surface area contributed by atoms with Crippen LogP contribution in [0.5, 0.6) is 0 Å². The molecule has 182 valence electrons. The van der Waals surface area contributed by atoms with Gasteiger partial charge in [-0.3, -0.25) is 9.89 Å². The summed E-state index contributed by atoms with van der Waals surface area (Å²) in [5.74, 6) is 0.746. The van der Waals surface area contributed by atoms with Crippen LogP contribution in [-0.4, -0.2) is 82.0 Å². The topological polar surface area (TPSA) is 81.2 Å². The number of hydrogen-bond donors (Lipinski definition) is 3. The number of nitrogens with one attached hydrogen (secondary N) is 3. The molecule has 0 radical (unpaired) electrons. The van der Waals surface area contributed by atoms with Gasteiger partial charge in [-0.25, -0.2) is 4.79 Å². The van der Waals surface area contributed by atoms with Gasteiger partial charge in [0, 0.05) is 58.5 Å². The average Bonchev–Trinajstić information content (AvgIpc) is 2.71. The number of guanidine groups is 1. The van der Waals surface area contributed by atoms with Crippen molar-refractivity contribution in [1.29, 1.82) is 0 Å². The second-order valence-corrected chi connectivity index (χ2v) is 8.88. The summed E-state index contributed by atoms with van der Waals surface area (Å²) in [5.41, 5.74) is 2.16. The molecule has 1 aliphatic rings. The highest BCUT2D eigenvalue weighted by molar-refractivity contribution is 14.0. The van der Waals surface area contributed by atoms with Crippen molar-refractivity contribution in [2.75, 3.05) is 64.3 Å². The maximum atomic E-state index is 11.6. The van der Waals surface area contributed by atoms with Crippen LogP contribution in [0.1, 0.15) is 32.8 Å². The van der Waals surface area contributed by atoms with Gasteiger partial charge in [0.05, 0.1) is 0 Å². The number of hydrogen-bond acceptors (Lipinski definition) is 5. The predicted molar refractivity (Wildman–Crippen MR) is 143 cm³/mol. The number of aryl methyl sites for hydroxylation is 1. The van der Waals surface area contributed by atoms with Gasteiger partial charge in [0.15, 0.2) is 5.96 Å². The lowest BCUT2D eigenvalue weighted by molar-refractivity contribution is 0.0529. The molecule has 8 nitrogen and oxygen atoms in total. The van der Waals surface area contributed by atoms with E-state index >= 15 is 0 Å². The van der Waals surface area contributed by atoms with E-state index in [1.54, 1.807) is 7.05 Å². The van der Waals surface area contributed by atoms with Crippen LogP contribution in [0, 0.1) is 6.92 Å². The molecule has 1 heterocycles. The molecule has 1 fully saturated rings. The Labute approximate surface area is 210 Å². The van der Waals surface area contributed by atoms with Crippen molar-refractivity contribution in [3.8, 4) is 0 Å². The molecule has 0 unspecified atom stereocenters. The average molecular weight is 561 g/mol. The summed E-state index contributed by atoms with van der Waals surface area (Å²) in [5, 5.41) is 9.27. The monoisotopic (exact) mass is 560 g/mol. The van der Waals surface area contributed by atoms with Crippen molar-refractivity contribution in [2.24, 2.45) is 4.99 Å². The molecule has 0 atom stereocenters. The summed E-state index contributed by atoms with van der Waals surface area (Å²) in [7, 11) is 1.75. The number of ether oxygens (including phenoxy) is 1. The molecule has 0 saturated carbocycles. The second kappa shape index (κ2) is 14.4. The Hall–Kier alpha value is -1.75. The van der Waals surface area contributed by atoms with Gasteiger partial charge < -0.3 is 25.6 Å². The Kier molecular flexibility index (Phi) is 12.7. The minimum absolute atomic E-state index is 0. The third-order valence-corrected chi connectivity index (χ3v) is 4.99. The van der Waals surface area contributed by atoms with Gasteiger partial charge in [-0.1, -0.05) is 12.1 Å². The highest BCUT2D eigenvalue weighted by Gasteiger charge is 2.17. The second-order valence-electron chi connectivity index (χ2n) is 8.88. The van der Waals surface area contributed by atoms with Crippen LogP contribution in [0.25, 0.3) is 0 Å². The molecule has 1 aromatic rings. The maximum Gasteiger partial charge on any atom is 0.407 e. The zero-order valence-electron chi connectivity index (χ0n) is 20.2. The van der Waals surface area contributed by atoms with E-state index in [0.29, 0.717) is 13.1 Å². The Balaban J connectivity index is 0.00000512. The number of rotatable bonds is 8. The molecule has 32 heavy (non-hydrogen) atoms. The summed E-state index contributed by atoms with van der Waals surface area (Å²) >= 11 is 0. The largest absolute Gasteiger partial charge is 0.444 e. The van der Waals surface area contributed by atoms with Gasteiger partial charge in [-0.2, -0.15) is 0 Å². The quantitative estimate of drug-likeness (QED) is 0.197. The number of alkyl carbamates (subject to hydrolysis) is 1. The van der Waals surface area contributed by atoms with E-state index in [1.165, 1.54) is 11.3 Å². The molecular weight excluding hydrogens is 519 g/mol. The van der Waals surface area contributed by atoms with Crippen molar-refractivity contribution in [3.63, 3.8) is 0 Å². The number of piperazine rings is 1. The van der Waals surface area contributed by atoms with Crippen LogP contribution < -0.4 is 20.9 Å². The fourth-order valence-corrected chi connectivity index (χ4v) is 3.44. The molecule has 0 bridgehead atoms. The van der Waals surface area contributed by atoms with Crippen molar-refractivity contribution < 1.29 is 9.53 Å². The molecule has 1 saturated heterocycles. The van der Waals surface area contributed by atoms with Crippen molar-refractivity contribution in [2.45, 2.75) is 39.7 Å². The fourth-order valence-electron chi connectivity index (χ4n) is 3.44. The lowest BCUT2D eigenvalue weighted by Gasteiger charge is -2.36. The number of carbonyl (C=O) groups is 1. The number of amides is 1. The molecule has 1 aromatic carbocycles. The van der Waals surface area contributed by atoms with Crippen molar-refractivity contribution >= 4 is 41.7 Å². The van der Waals surface area contributed by atoms with Crippen LogP contribution in [-0.2, 0) is 4.74 Å². The first-order valence-electron chi connectivity index (χ1n) is 11.2. The first kappa shape index (κ1) is 28.3. The normalized spacial score (nSPS) is 15.0. The van der Waals surface area contributed by atoms with Gasteiger partial charge >= 0.3 is 6.09 Å². The van der Waals surface area contributed by atoms with Crippen LogP contribution in [0.2, 0.25) is 0 Å². The highest BCUT2D eigenvalue weighted by Crippen LogP contribution is 2.17. The molecule has 9 heteroatoms. The predicted octanol–water partition coefficient (Wildman–Crippen LogP) is 2.81. The van der Waals surface area contributed by atoms with E-state index in [-0.39, 0.29) is 24.0 Å². The van der Waals surface area contributed by atoms with Crippen LogP contribution >= 0.6 is 24.0 Å². The fraction of sp³-hybridized carbons (Fsp3) is 0.652. The SMILES string of the molecule is CN=C(NCCCN1CCN(c2cccc(C)c2)CC1)NCCNC(=O)OC(C)(C)C.I. The number of aliphatic imine (C=N–C) groups is 1. The van der Waals surface area contributed by atoms with Crippen molar-refractivity contribution in [1.82, 2.24) is 20.9 Å². The number of benzene rings is 1. The molecule has 0 aromatic heterocycles. The van der Waals surface area contributed by atoms with E-state index in [2.05, 4.69) is 61.9 Å². The van der Waals surface area contributed by atoms with Gasteiger partial charge in [-0.15, -0.1) is 24.0 Å². The molecule has 0 spiro atoms. The molecule has 2 rings (SSSR count). The van der Waals surface area contributed by atoms with E-state index in [0.717, 1.165) is 51.6 Å². The smallest absolute Gasteiger partial charge is 0.407 e. The third kappa shape index (κ3) is 11.2. The molecule has 3 N–H and O–H groups in total. The first-order valence-corrected chi connectivity index (χ1v) is 11.2. The maximum absolute atomic E-state index is 11.6. The number of halogens is 1. The van der Waals surface area contributed by atoms with Crippen LogP contribution in [0.3, 0.4) is 0 Å². The van der Waals surface area contributed by atoms with E-state index < -0.39 is 11.7 Å². The van der Waals surface area contributed by atoms with Crippen LogP contribution in [0.4, 0.5) is 10.5 Å². The lowest BCUT2D eigenvalue weighted by atomic mass is 10.2. The molecule has 1 amide bonds. The minimum atomic E-state index is -0.484. The summed E-state index contributed by atoms with van der Waals surface area (Å²) < 4.78 is 5.21. The minimum Gasteiger partial charge on any atom is -0.444 e. The Morgan fingerprint density at radius 1 is 1.06 bits per heavy atom. The standard InChI is InChI=1S/C23H40N6O2.HI/c1-19-8-6-9-20(18-19)29-16-14-28(15-17-29)13-7-10-25-21(24-5)26-11-12-27-22(30)31-23(2,3)4;/h6,8-9,18H,7,10-17H2,1-5H3,(H,27,30)(H2,24,25,26);1H. The van der Waals surface area contributed by atoms with Gasteiger partial charge in [-0.05, 0) is 58.4 Å².